The molecule has 0 aliphatic rings. The number of nitrogen functional groups attached to an aromatic ring is 1. The van der Waals surface area contributed by atoms with Crippen molar-refractivity contribution in [2.75, 3.05) is 45.1 Å². The maximum absolute atomic E-state index is 11.7. The highest BCUT2D eigenvalue weighted by Crippen LogP contribution is 2.24. The van der Waals surface area contributed by atoms with E-state index in [0.29, 0.717) is 49.8 Å². The number of nitrogens with one attached hydrogen (secondary N) is 1. The van der Waals surface area contributed by atoms with Gasteiger partial charge in [0, 0.05) is 26.2 Å². The lowest BCUT2D eigenvalue weighted by Gasteiger charge is -2.09. The van der Waals surface area contributed by atoms with Crippen molar-refractivity contribution in [1.82, 2.24) is 0 Å². The summed E-state index contributed by atoms with van der Waals surface area (Å²) in [5.41, 5.74) is 6.90. The SMILES string of the molecule is COCCOCCCC(=O)Nc1ccc(OC)cc1N. The van der Waals surface area contributed by atoms with E-state index in [4.69, 9.17) is 19.9 Å². The smallest absolute Gasteiger partial charge is 0.224 e. The molecule has 0 saturated carbocycles. The quantitative estimate of drug-likeness (QED) is 0.531. The molecule has 20 heavy (non-hydrogen) atoms. The molecular weight excluding hydrogens is 260 g/mol. The molecule has 1 aromatic carbocycles. The number of nitrogens with two attached hydrogens (primary N) is 1. The minimum atomic E-state index is -0.0859. The highest BCUT2D eigenvalue weighted by molar-refractivity contribution is 5.93. The lowest BCUT2D eigenvalue weighted by Crippen LogP contribution is -2.14. The number of rotatable bonds is 9. The van der Waals surface area contributed by atoms with Crippen molar-refractivity contribution in [1.29, 1.82) is 0 Å². The zero-order valence-electron chi connectivity index (χ0n) is 12.0. The van der Waals surface area contributed by atoms with Gasteiger partial charge in [0.05, 0.1) is 31.7 Å². The average molecular weight is 282 g/mol. The maximum Gasteiger partial charge on any atom is 0.224 e. The molecule has 0 radical (unpaired) electrons. The Morgan fingerprint density at radius 3 is 2.70 bits per heavy atom. The summed E-state index contributed by atoms with van der Waals surface area (Å²) in [7, 11) is 3.19. The van der Waals surface area contributed by atoms with Crippen LogP contribution >= 0.6 is 0 Å². The third-order valence-corrected chi connectivity index (χ3v) is 2.66. The van der Waals surface area contributed by atoms with Crippen molar-refractivity contribution >= 4 is 17.3 Å². The number of hydrogen-bond donors (Lipinski definition) is 2. The van der Waals surface area contributed by atoms with Crippen molar-refractivity contribution < 1.29 is 19.0 Å². The van der Waals surface area contributed by atoms with Crippen LogP contribution in [0.1, 0.15) is 12.8 Å². The van der Waals surface area contributed by atoms with Crippen LogP contribution < -0.4 is 15.8 Å². The van der Waals surface area contributed by atoms with E-state index < -0.39 is 0 Å². The van der Waals surface area contributed by atoms with Gasteiger partial charge < -0.3 is 25.3 Å². The minimum Gasteiger partial charge on any atom is -0.497 e. The molecular formula is C14H22N2O4. The number of methoxy groups -OCH3 is 2. The topological polar surface area (TPSA) is 82.8 Å². The Morgan fingerprint density at radius 1 is 1.25 bits per heavy atom. The van der Waals surface area contributed by atoms with E-state index in [2.05, 4.69) is 5.32 Å². The number of carbonyl (C=O) groups is 1. The predicted molar refractivity (Wildman–Crippen MR) is 78.0 cm³/mol. The molecule has 0 bridgehead atoms. The van der Waals surface area contributed by atoms with E-state index in [9.17, 15) is 4.79 Å². The van der Waals surface area contributed by atoms with Crippen LogP contribution in [0.25, 0.3) is 0 Å². The van der Waals surface area contributed by atoms with Gasteiger partial charge in [-0.15, -0.1) is 0 Å². The largest absolute Gasteiger partial charge is 0.497 e. The Morgan fingerprint density at radius 2 is 2.05 bits per heavy atom. The molecule has 0 aliphatic heterocycles. The Kier molecular flexibility index (Phi) is 7.46. The van der Waals surface area contributed by atoms with Crippen molar-refractivity contribution in [2.24, 2.45) is 0 Å². The second-order valence-electron chi connectivity index (χ2n) is 4.21. The molecule has 0 unspecified atom stereocenters. The third kappa shape index (κ3) is 5.90. The Hall–Kier alpha value is -1.79. The molecule has 0 atom stereocenters. The zero-order valence-corrected chi connectivity index (χ0v) is 12.0. The van der Waals surface area contributed by atoms with Crippen LogP contribution in [0, 0.1) is 0 Å². The maximum atomic E-state index is 11.7. The van der Waals surface area contributed by atoms with Crippen LogP contribution in [0.2, 0.25) is 0 Å². The van der Waals surface area contributed by atoms with Crippen LogP contribution in [0.4, 0.5) is 11.4 Å². The molecule has 3 N–H and O–H groups in total. The van der Waals surface area contributed by atoms with Gasteiger partial charge in [-0.25, -0.2) is 0 Å². The Labute approximate surface area is 119 Å². The molecule has 1 aromatic rings. The van der Waals surface area contributed by atoms with Crippen molar-refractivity contribution in [3.63, 3.8) is 0 Å². The fraction of sp³-hybridized carbons (Fsp3) is 0.500. The number of anilines is 2. The van der Waals surface area contributed by atoms with Crippen molar-refractivity contribution in [2.45, 2.75) is 12.8 Å². The summed E-state index contributed by atoms with van der Waals surface area (Å²) in [4.78, 5) is 11.7. The van der Waals surface area contributed by atoms with Gasteiger partial charge in [-0.1, -0.05) is 0 Å². The highest BCUT2D eigenvalue weighted by atomic mass is 16.5. The van der Waals surface area contributed by atoms with Crippen LogP contribution in [0.3, 0.4) is 0 Å². The van der Waals surface area contributed by atoms with E-state index in [1.54, 1.807) is 32.4 Å². The van der Waals surface area contributed by atoms with Gasteiger partial charge in [0.25, 0.3) is 0 Å². The first-order valence-electron chi connectivity index (χ1n) is 6.47. The molecule has 6 heteroatoms. The molecule has 112 valence electrons. The minimum absolute atomic E-state index is 0.0859. The summed E-state index contributed by atoms with van der Waals surface area (Å²) in [6.07, 6.45) is 1.05. The van der Waals surface area contributed by atoms with Gasteiger partial charge in [-0.2, -0.15) is 0 Å². The van der Waals surface area contributed by atoms with Gasteiger partial charge >= 0.3 is 0 Å². The molecule has 0 spiro atoms. The van der Waals surface area contributed by atoms with Crippen molar-refractivity contribution in [3.05, 3.63) is 18.2 Å². The second-order valence-corrected chi connectivity index (χ2v) is 4.21. The van der Waals surface area contributed by atoms with Crippen LogP contribution in [-0.2, 0) is 14.3 Å². The van der Waals surface area contributed by atoms with Crippen molar-refractivity contribution in [3.8, 4) is 5.75 Å². The van der Waals surface area contributed by atoms with Crippen LogP contribution in [0.5, 0.6) is 5.75 Å². The molecule has 1 rings (SSSR count). The number of amides is 1. The van der Waals surface area contributed by atoms with E-state index in [-0.39, 0.29) is 5.91 Å². The average Bonchev–Trinajstić information content (AvgIpc) is 2.45. The lowest BCUT2D eigenvalue weighted by atomic mass is 10.2. The first-order chi connectivity index (χ1) is 9.67. The van der Waals surface area contributed by atoms with Gasteiger partial charge in [-0.3, -0.25) is 4.79 Å². The van der Waals surface area contributed by atoms with E-state index >= 15 is 0 Å². The Balaban J connectivity index is 2.28. The summed E-state index contributed by atoms with van der Waals surface area (Å²) < 4.78 is 15.2. The summed E-state index contributed by atoms with van der Waals surface area (Å²) in [6, 6.07) is 5.14. The molecule has 0 saturated heterocycles. The predicted octanol–water partition coefficient (Wildman–Crippen LogP) is 1.66. The summed E-state index contributed by atoms with van der Waals surface area (Å²) in [5, 5.41) is 2.76. The monoisotopic (exact) mass is 282 g/mol. The molecule has 6 nitrogen and oxygen atoms in total. The second kappa shape index (κ2) is 9.17. The van der Waals surface area contributed by atoms with Crippen LogP contribution in [-0.4, -0.2) is 39.9 Å². The fourth-order valence-corrected chi connectivity index (χ4v) is 1.57. The Bertz CT molecular complexity index is 424. The van der Waals surface area contributed by atoms with Gasteiger partial charge in [0.2, 0.25) is 5.91 Å². The number of ether oxygens (including phenoxy) is 3. The normalized spacial score (nSPS) is 10.3. The molecule has 0 aliphatic carbocycles. The van der Waals surface area contributed by atoms with E-state index in [1.807, 2.05) is 0 Å². The molecule has 0 fully saturated rings. The highest BCUT2D eigenvalue weighted by Gasteiger charge is 2.06. The summed E-state index contributed by atoms with van der Waals surface area (Å²) in [6.45, 7) is 1.65. The van der Waals surface area contributed by atoms with E-state index in [1.165, 1.54) is 0 Å². The van der Waals surface area contributed by atoms with Crippen LogP contribution in [0.15, 0.2) is 18.2 Å². The third-order valence-electron chi connectivity index (χ3n) is 2.66. The molecule has 1 amide bonds. The molecule has 0 aromatic heterocycles. The molecule has 0 heterocycles. The number of benzene rings is 1. The van der Waals surface area contributed by atoms with Gasteiger partial charge in [0.1, 0.15) is 5.75 Å². The van der Waals surface area contributed by atoms with Gasteiger partial charge in [0.15, 0.2) is 0 Å². The lowest BCUT2D eigenvalue weighted by molar-refractivity contribution is -0.116. The first kappa shape index (κ1) is 16.3. The number of hydrogen-bond acceptors (Lipinski definition) is 5. The number of carbonyl (C=O) groups excluding carboxylic acids is 1. The standard InChI is InChI=1S/C14H22N2O4/c1-18-8-9-20-7-3-4-14(17)16-13-6-5-11(19-2)10-12(13)15/h5-6,10H,3-4,7-9,15H2,1-2H3,(H,16,17). The summed E-state index contributed by atoms with van der Waals surface area (Å²) in [5.74, 6) is 0.573. The first-order valence-corrected chi connectivity index (χ1v) is 6.47. The fourth-order valence-electron chi connectivity index (χ4n) is 1.57. The summed E-state index contributed by atoms with van der Waals surface area (Å²) >= 11 is 0. The zero-order chi connectivity index (χ0) is 14.8. The van der Waals surface area contributed by atoms with E-state index in [0.717, 1.165) is 0 Å². The van der Waals surface area contributed by atoms with Gasteiger partial charge in [-0.05, 0) is 18.6 Å².